The van der Waals surface area contributed by atoms with Gasteiger partial charge in [-0.3, -0.25) is 15.5 Å². The second-order valence-electron chi connectivity index (χ2n) is 14.1. The van der Waals surface area contributed by atoms with Crippen molar-refractivity contribution in [3.05, 3.63) is 0 Å². The predicted molar refractivity (Wildman–Crippen MR) is 190 cm³/mol. The summed E-state index contributed by atoms with van der Waals surface area (Å²) in [6.45, 7) is 10.3. The zero-order chi connectivity index (χ0) is 30.2. The van der Waals surface area contributed by atoms with E-state index in [1.807, 2.05) is 0 Å². The lowest BCUT2D eigenvalue weighted by molar-refractivity contribution is -0.00637. The highest BCUT2D eigenvalue weighted by Crippen LogP contribution is 2.29. The van der Waals surface area contributed by atoms with Crippen LogP contribution in [0, 0.1) is 0 Å². The fraction of sp³-hybridized carbons (Fsp3) is 1.00. The molecular formula is C39H81N3. The highest BCUT2D eigenvalue weighted by atomic mass is 15.4. The zero-order valence-electron chi connectivity index (χ0n) is 29.7. The minimum atomic E-state index is 0.241. The summed E-state index contributed by atoms with van der Waals surface area (Å²) >= 11 is 0. The molecule has 0 aliphatic carbocycles. The molecule has 252 valence electrons. The van der Waals surface area contributed by atoms with E-state index in [4.69, 9.17) is 0 Å². The van der Waals surface area contributed by atoms with Crippen LogP contribution in [0.1, 0.15) is 226 Å². The first-order valence-corrected chi connectivity index (χ1v) is 20.0. The number of nitrogens with one attached hydrogen (secondary N) is 2. The van der Waals surface area contributed by atoms with E-state index in [0.717, 1.165) is 13.3 Å². The SMILES string of the molecule is CCCCCCCCCCCCN1CNCNC1(CCCCCCCCCCCC)CCCCCCCCCCCC. The van der Waals surface area contributed by atoms with Crippen molar-refractivity contribution in [2.75, 3.05) is 19.9 Å². The van der Waals surface area contributed by atoms with Crippen LogP contribution in [-0.4, -0.2) is 30.4 Å². The fourth-order valence-electron chi connectivity index (χ4n) is 7.19. The fourth-order valence-corrected chi connectivity index (χ4v) is 7.19. The third kappa shape index (κ3) is 22.4. The summed E-state index contributed by atoms with van der Waals surface area (Å²) in [5.74, 6) is 0. The zero-order valence-corrected chi connectivity index (χ0v) is 29.7. The molecule has 0 aromatic carbocycles. The number of hydrogen-bond acceptors (Lipinski definition) is 3. The van der Waals surface area contributed by atoms with Gasteiger partial charge in [0, 0.05) is 13.2 Å². The van der Waals surface area contributed by atoms with E-state index in [1.54, 1.807) is 0 Å². The van der Waals surface area contributed by atoms with E-state index in [1.165, 1.54) is 212 Å². The van der Waals surface area contributed by atoms with Gasteiger partial charge in [-0.15, -0.1) is 0 Å². The molecule has 1 fully saturated rings. The highest BCUT2D eigenvalue weighted by Gasteiger charge is 2.37. The Bertz CT molecular complexity index is 498. The molecule has 42 heavy (non-hydrogen) atoms. The molecule has 0 saturated carbocycles. The Morgan fingerprint density at radius 1 is 0.405 bits per heavy atom. The highest BCUT2D eigenvalue weighted by molar-refractivity contribution is 4.90. The van der Waals surface area contributed by atoms with Crippen LogP contribution in [0.4, 0.5) is 0 Å². The summed E-state index contributed by atoms with van der Waals surface area (Å²) in [6.07, 6.45) is 45.7. The third-order valence-corrected chi connectivity index (χ3v) is 10.1. The summed E-state index contributed by atoms with van der Waals surface area (Å²) in [6, 6.07) is 0. The van der Waals surface area contributed by atoms with Crippen molar-refractivity contribution >= 4 is 0 Å². The first-order chi connectivity index (χ1) is 20.8. The summed E-state index contributed by atoms with van der Waals surface area (Å²) in [4.78, 5) is 2.84. The molecule has 2 N–H and O–H groups in total. The molecule has 3 heteroatoms. The summed E-state index contributed by atoms with van der Waals surface area (Å²) in [5, 5.41) is 7.71. The van der Waals surface area contributed by atoms with E-state index in [2.05, 4.69) is 36.3 Å². The molecule has 0 aromatic rings. The maximum absolute atomic E-state index is 4.04. The van der Waals surface area contributed by atoms with Crippen LogP contribution >= 0.6 is 0 Å². The Hall–Kier alpha value is -0.120. The standard InChI is InChI=1S/C39H81N3/c1-4-7-10-13-16-19-22-25-28-31-34-39(35-32-29-26-23-20-17-14-11-8-5-2)41-37-40-38-42(39)36-33-30-27-24-21-18-15-12-9-6-3/h40-41H,4-38H2,1-3H3. The van der Waals surface area contributed by atoms with Crippen LogP contribution < -0.4 is 10.6 Å². The van der Waals surface area contributed by atoms with Gasteiger partial charge >= 0.3 is 0 Å². The number of hydrogen-bond donors (Lipinski definition) is 2. The van der Waals surface area contributed by atoms with Gasteiger partial charge in [-0.1, -0.05) is 207 Å². The molecule has 1 aliphatic rings. The second kappa shape index (κ2) is 30.9. The molecular weight excluding hydrogens is 510 g/mol. The molecule has 3 nitrogen and oxygen atoms in total. The Morgan fingerprint density at radius 2 is 0.714 bits per heavy atom. The first kappa shape index (κ1) is 39.9. The Kier molecular flexibility index (Phi) is 29.3. The first-order valence-electron chi connectivity index (χ1n) is 20.0. The van der Waals surface area contributed by atoms with E-state index >= 15 is 0 Å². The van der Waals surface area contributed by atoms with E-state index < -0.39 is 0 Å². The van der Waals surface area contributed by atoms with Gasteiger partial charge in [0.2, 0.25) is 0 Å². The van der Waals surface area contributed by atoms with E-state index in [0.29, 0.717) is 0 Å². The van der Waals surface area contributed by atoms with Gasteiger partial charge in [-0.05, 0) is 19.3 Å². The van der Waals surface area contributed by atoms with Crippen molar-refractivity contribution in [1.29, 1.82) is 0 Å². The molecule has 0 spiro atoms. The molecule has 0 bridgehead atoms. The minimum Gasteiger partial charge on any atom is -0.292 e. The molecule has 0 atom stereocenters. The number of unbranched alkanes of at least 4 members (excludes halogenated alkanes) is 27. The topological polar surface area (TPSA) is 27.3 Å². The summed E-state index contributed by atoms with van der Waals surface area (Å²) in [7, 11) is 0. The van der Waals surface area contributed by atoms with Gasteiger partial charge in [0.1, 0.15) is 0 Å². The quantitative estimate of drug-likeness (QED) is 0.0743. The molecule has 1 heterocycles. The molecule has 1 aliphatic heterocycles. The van der Waals surface area contributed by atoms with Crippen LogP contribution in [0.15, 0.2) is 0 Å². The maximum Gasteiger partial charge on any atom is 0.0732 e. The maximum atomic E-state index is 4.04. The summed E-state index contributed by atoms with van der Waals surface area (Å²) in [5.41, 5.74) is 0.241. The molecule has 0 aromatic heterocycles. The molecule has 0 amide bonds. The van der Waals surface area contributed by atoms with Gasteiger partial charge in [0.05, 0.1) is 12.3 Å². The van der Waals surface area contributed by atoms with E-state index in [9.17, 15) is 0 Å². The van der Waals surface area contributed by atoms with Gasteiger partial charge in [-0.25, -0.2) is 0 Å². The Balaban J connectivity index is 2.39. The van der Waals surface area contributed by atoms with Crippen LogP contribution in [-0.2, 0) is 0 Å². The van der Waals surface area contributed by atoms with Crippen molar-refractivity contribution in [1.82, 2.24) is 15.5 Å². The van der Waals surface area contributed by atoms with Crippen molar-refractivity contribution in [3.63, 3.8) is 0 Å². The lowest BCUT2D eigenvalue weighted by Gasteiger charge is -2.49. The van der Waals surface area contributed by atoms with E-state index in [-0.39, 0.29) is 5.66 Å². The molecule has 0 radical (unpaired) electrons. The average molecular weight is 592 g/mol. The lowest BCUT2D eigenvalue weighted by atomic mass is 9.91. The van der Waals surface area contributed by atoms with Crippen LogP contribution in [0.2, 0.25) is 0 Å². The Morgan fingerprint density at radius 3 is 1.07 bits per heavy atom. The van der Waals surface area contributed by atoms with Crippen molar-refractivity contribution < 1.29 is 0 Å². The monoisotopic (exact) mass is 592 g/mol. The van der Waals surface area contributed by atoms with Crippen LogP contribution in [0.3, 0.4) is 0 Å². The second-order valence-corrected chi connectivity index (χ2v) is 14.1. The van der Waals surface area contributed by atoms with Gasteiger partial charge in [0.25, 0.3) is 0 Å². The molecule has 1 saturated heterocycles. The normalized spacial score (nSPS) is 15.5. The molecule has 0 unspecified atom stereocenters. The predicted octanol–water partition coefficient (Wildman–Crippen LogP) is 12.6. The van der Waals surface area contributed by atoms with Crippen molar-refractivity contribution in [2.45, 2.75) is 232 Å². The van der Waals surface area contributed by atoms with Crippen molar-refractivity contribution in [2.24, 2.45) is 0 Å². The number of rotatable bonds is 33. The smallest absolute Gasteiger partial charge is 0.0732 e. The number of nitrogens with zero attached hydrogens (tertiary/aromatic N) is 1. The largest absolute Gasteiger partial charge is 0.292 e. The minimum absolute atomic E-state index is 0.241. The van der Waals surface area contributed by atoms with Gasteiger partial charge < -0.3 is 0 Å². The lowest BCUT2D eigenvalue weighted by Crippen LogP contribution is -2.67. The van der Waals surface area contributed by atoms with Crippen LogP contribution in [0.5, 0.6) is 0 Å². The Labute approximate surface area is 266 Å². The third-order valence-electron chi connectivity index (χ3n) is 10.1. The molecule has 1 rings (SSSR count). The van der Waals surface area contributed by atoms with Crippen LogP contribution in [0.25, 0.3) is 0 Å². The summed E-state index contributed by atoms with van der Waals surface area (Å²) < 4.78 is 0. The van der Waals surface area contributed by atoms with Gasteiger partial charge in [-0.2, -0.15) is 0 Å². The van der Waals surface area contributed by atoms with Gasteiger partial charge in [0.15, 0.2) is 0 Å². The van der Waals surface area contributed by atoms with Crippen molar-refractivity contribution in [3.8, 4) is 0 Å². The average Bonchev–Trinajstić information content (AvgIpc) is 3.01.